The van der Waals surface area contributed by atoms with Crippen LogP contribution in [0.25, 0.3) is 0 Å². The Morgan fingerprint density at radius 1 is 1.28 bits per heavy atom. The molecule has 0 fully saturated rings. The van der Waals surface area contributed by atoms with Gasteiger partial charge in [0.25, 0.3) is 0 Å². The molecule has 0 spiro atoms. The molecule has 0 nitrogen and oxygen atoms in total. The summed E-state index contributed by atoms with van der Waals surface area (Å²) in [6.45, 7) is 16.7. The van der Waals surface area contributed by atoms with Gasteiger partial charge >= 0.3 is 0 Å². The van der Waals surface area contributed by atoms with Crippen molar-refractivity contribution in [2.24, 2.45) is 11.3 Å². The quantitative estimate of drug-likeness (QED) is 0.425. The van der Waals surface area contributed by atoms with E-state index in [-0.39, 0.29) is 5.41 Å². The maximum absolute atomic E-state index is 3.76. The van der Waals surface area contributed by atoms with Gasteiger partial charge in [0.05, 0.1) is 0 Å². The van der Waals surface area contributed by atoms with E-state index in [0.29, 0.717) is 5.92 Å². The molecule has 0 heterocycles. The second-order valence-corrected chi connectivity index (χ2v) is 5.90. The molecule has 0 aromatic rings. The molecule has 18 heavy (non-hydrogen) atoms. The first-order chi connectivity index (χ1) is 8.30. The van der Waals surface area contributed by atoms with Crippen LogP contribution in [0.4, 0.5) is 0 Å². The molecule has 0 amide bonds. The third-order valence-electron chi connectivity index (χ3n) is 2.95. The van der Waals surface area contributed by atoms with E-state index in [1.165, 1.54) is 11.1 Å². The molecule has 1 atom stereocenters. The number of hydrogen-bond acceptors (Lipinski definition) is 0. The fourth-order valence-electron chi connectivity index (χ4n) is 2.29. The fraction of sp³-hybridized carbons (Fsp3) is 0.556. The summed E-state index contributed by atoms with van der Waals surface area (Å²) in [6, 6.07) is 0. The second-order valence-electron chi connectivity index (χ2n) is 5.90. The normalized spacial score (nSPS) is 14.8. The molecule has 0 radical (unpaired) electrons. The van der Waals surface area contributed by atoms with Crippen LogP contribution in [0.5, 0.6) is 0 Å². The SMILES string of the molecule is C=CC(C)=CC=C(C)CC(C)CC(C)(C)C#CC. The van der Waals surface area contributed by atoms with Crippen LogP contribution in [0.3, 0.4) is 0 Å². The molecule has 0 aliphatic carbocycles. The Hall–Kier alpha value is -1.22. The van der Waals surface area contributed by atoms with Gasteiger partial charge in [-0.25, -0.2) is 0 Å². The highest BCUT2D eigenvalue weighted by molar-refractivity contribution is 5.22. The minimum Gasteiger partial charge on any atom is -0.106 e. The van der Waals surface area contributed by atoms with Crippen molar-refractivity contribution in [3.8, 4) is 11.8 Å². The average Bonchev–Trinajstić information content (AvgIpc) is 2.24. The smallest absolute Gasteiger partial charge is 0.0261 e. The minimum atomic E-state index is 0.126. The monoisotopic (exact) mass is 244 g/mol. The molecule has 0 saturated carbocycles. The highest BCUT2D eigenvalue weighted by Crippen LogP contribution is 2.28. The molecule has 0 saturated heterocycles. The lowest BCUT2D eigenvalue weighted by atomic mass is 9.82. The van der Waals surface area contributed by atoms with Crippen molar-refractivity contribution in [2.75, 3.05) is 0 Å². The Morgan fingerprint density at radius 2 is 1.89 bits per heavy atom. The number of rotatable bonds is 6. The summed E-state index contributed by atoms with van der Waals surface area (Å²) in [5.41, 5.74) is 2.75. The van der Waals surface area contributed by atoms with Gasteiger partial charge in [-0.05, 0) is 53.4 Å². The van der Waals surface area contributed by atoms with Crippen molar-refractivity contribution in [3.05, 3.63) is 36.0 Å². The molecule has 0 heteroatoms. The topological polar surface area (TPSA) is 0 Å². The van der Waals surface area contributed by atoms with E-state index < -0.39 is 0 Å². The molecular weight excluding hydrogens is 216 g/mol. The molecule has 0 rings (SSSR count). The fourth-order valence-corrected chi connectivity index (χ4v) is 2.29. The molecule has 1 unspecified atom stereocenters. The zero-order chi connectivity index (χ0) is 14.2. The molecule has 0 N–H and O–H groups in total. The number of allylic oxidation sites excluding steroid dienone is 5. The Kier molecular flexibility index (Phi) is 7.44. The Morgan fingerprint density at radius 3 is 2.39 bits per heavy atom. The van der Waals surface area contributed by atoms with Gasteiger partial charge in [0, 0.05) is 5.41 Å². The Balaban J connectivity index is 4.43. The molecule has 0 aromatic carbocycles. The van der Waals surface area contributed by atoms with Crippen molar-refractivity contribution in [1.29, 1.82) is 0 Å². The lowest BCUT2D eigenvalue weighted by Crippen LogP contribution is -2.13. The third kappa shape index (κ3) is 7.96. The first kappa shape index (κ1) is 16.8. The van der Waals surface area contributed by atoms with Crippen LogP contribution in [0, 0.1) is 23.2 Å². The van der Waals surface area contributed by atoms with Crippen molar-refractivity contribution < 1.29 is 0 Å². The summed E-state index contributed by atoms with van der Waals surface area (Å²) in [7, 11) is 0. The van der Waals surface area contributed by atoms with Crippen LogP contribution >= 0.6 is 0 Å². The van der Waals surface area contributed by atoms with E-state index >= 15 is 0 Å². The lowest BCUT2D eigenvalue weighted by molar-refractivity contribution is 0.360. The predicted molar refractivity (Wildman–Crippen MR) is 83.3 cm³/mol. The maximum Gasteiger partial charge on any atom is 0.0261 e. The van der Waals surface area contributed by atoms with Crippen molar-refractivity contribution in [3.63, 3.8) is 0 Å². The van der Waals surface area contributed by atoms with Crippen LogP contribution in [0.1, 0.15) is 54.4 Å². The van der Waals surface area contributed by atoms with Gasteiger partial charge in [0.15, 0.2) is 0 Å². The standard InChI is InChI=1S/C18H28/c1-8-12-18(6,7)14-17(5)13-16(4)11-10-15(3)9-2/h9-11,17H,2,13-14H2,1,3-7H3. The Labute approximate surface area is 114 Å². The first-order valence-electron chi connectivity index (χ1n) is 6.71. The van der Waals surface area contributed by atoms with Gasteiger partial charge in [-0.3, -0.25) is 0 Å². The van der Waals surface area contributed by atoms with E-state index in [2.05, 4.69) is 65.2 Å². The summed E-state index contributed by atoms with van der Waals surface area (Å²) in [4.78, 5) is 0. The van der Waals surface area contributed by atoms with Gasteiger partial charge in [-0.1, -0.05) is 48.8 Å². The zero-order valence-corrected chi connectivity index (χ0v) is 12.9. The van der Waals surface area contributed by atoms with Crippen LogP contribution < -0.4 is 0 Å². The van der Waals surface area contributed by atoms with Crippen molar-refractivity contribution in [1.82, 2.24) is 0 Å². The van der Waals surface area contributed by atoms with E-state index in [9.17, 15) is 0 Å². The zero-order valence-electron chi connectivity index (χ0n) is 12.9. The van der Waals surface area contributed by atoms with Gasteiger partial charge in [-0.2, -0.15) is 0 Å². The highest BCUT2D eigenvalue weighted by atomic mass is 14.2. The summed E-state index contributed by atoms with van der Waals surface area (Å²) in [6.07, 6.45) is 8.49. The van der Waals surface area contributed by atoms with Crippen LogP contribution in [-0.2, 0) is 0 Å². The van der Waals surface area contributed by atoms with Crippen molar-refractivity contribution >= 4 is 0 Å². The van der Waals surface area contributed by atoms with E-state index in [1.54, 1.807) is 0 Å². The largest absolute Gasteiger partial charge is 0.106 e. The molecular formula is C18H28. The molecule has 100 valence electrons. The van der Waals surface area contributed by atoms with Gasteiger partial charge in [0.2, 0.25) is 0 Å². The van der Waals surface area contributed by atoms with Crippen LogP contribution in [0.15, 0.2) is 36.0 Å². The van der Waals surface area contributed by atoms with E-state index in [4.69, 9.17) is 0 Å². The summed E-state index contributed by atoms with van der Waals surface area (Å²) in [5, 5.41) is 0. The average molecular weight is 244 g/mol. The van der Waals surface area contributed by atoms with Crippen LogP contribution in [-0.4, -0.2) is 0 Å². The van der Waals surface area contributed by atoms with Gasteiger partial charge in [0.1, 0.15) is 0 Å². The number of hydrogen-bond donors (Lipinski definition) is 0. The van der Waals surface area contributed by atoms with E-state index in [1.807, 2.05) is 13.0 Å². The first-order valence-corrected chi connectivity index (χ1v) is 6.71. The maximum atomic E-state index is 3.76. The summed E-state index contributed by atoms with van der Waals surface area (Å²) < 4.78 is 0. The highest BCUT2D eigenvalue weighted by Gasteiger charge is 2.18. The molecule has 0 aliphatic rings. The third-order valence-corrected chi connectivity index (χ3v) is 2.95. The molecule has 0 aliphatic heterocycles. The molecule has 0 aromatic heterocycles. The van der Waals surface area contributed by atoms with Crippen LogP contribution in [0.2, 0.25) is 0 Å². The van der Waals surface area contributed by atoms with Gasteiger partial charge in [-0.15, -0.1) is 5.92 Å². The minimum absolute atomic E-state index is 0.126. The lowest BCUT2D eigenvalue weighted by Gasteiger charge is -2.22. The summed E-state index contributed by atoms with van der Waals surface area (Å²) in [5.74, 6) is 6.98. The van der Waals surface area contributed by atoms with Crippen molar-refractivity contribution in [2.45, 2.75) is 54.4 Å². The molecule has 0 bridgehead atoms. The predicted octanol–water partition coefficient (Wildman–Crippen LogP) is 5.53. The second kappa shape index (κ2) is 7.98. The Bertz CT molecular complexity index is 380. The summed E-state index contributed by atoms with van der Waals surface area (Å²) >= 11 is 0. The van der Waals surface area contributed by atoms with E-state index in [0.717, 1.165) is 12.8 Å². The van der Waals surface area contributed by atoms with Gasteiger partial charge < -0.3 is 0 Å².